The highest BCUT2D eigenvalue weighted by Crippen LogP contribution is 2.27. The summed E-state index contributed by atoms with van der Waals surface area (Å²) in [6.07, 6.45) is 0.681. The van der Waals surface area contributed by atoms with Crippen LogP contribution in [0.1, 0.15) is 24.0 Å². The van der Waals surface area contributed by atoms with Gasteiger partial charge in [0.15, 0.2) is 0 Å². The molecule has 1 aliphatic rings. The smallest absolute Gasteiger partial charge is 0.246 e. The average molecular weight is 422 g/mol. The van der Waals surface area contributed by atoms with Gasteiger partial charge in [0.25, 0.3) is 0 Å². The Morgan fingerprint density at radius 1 is 1.14 bits per heavy atom. The summed E-state index contributed by atoms with van der Waals surface area (Å²) in [6, 6.07) is 10.2. The molecule has 0 radical (unpaired) electrons. The minimum atomic E-state index is -4.15. The number of carbonyl (C=O) groups is 1. The molecular weight excluding hydrogens is 398 g/mol. The molecule has 29 heavy (non-hydrogen) atoms. The normalized spacial score (nSPS) is 16.0. The van der Waals surface area contributed by atoms with Gasteiger partial charge in [-0.05, 0) is 49.1 Å². The lowest BCUT2D eigenvalue weighted by atomic mass is 9.96. The predicted molar refractivity (Wildman–Crippen MR) is 105 cm³/mol. The van der Waals surface area contributed by atoms with Crippen molar-refractivity contribution >= 4 is 15.9 Å². The van der Waals surface area contributed by atoms with Gasteiger partial charge in [-0.2, -0.15) is 4.31 Å². The number of benzene rings is 2. The molecule has 3 rings (SSSR count). The molecule has 0 N–H and O–H groups in total. The highest BCUT2D eigenvalue weighted by Gasteiger charge is 2.34. The third-order valence-corrected chi connectivity index (χ3v) is 7.27. The summed E-state index contributed by atoms with van der Waals surface area (Å²) in [5.74, 6) is -2.13. The van der Waals surface area contributed by atoms with Gasteiger partial charge < -0.3 is 4.90 Å². The van der Waals surface area contributed by atoms with Crippen molar-refractivity contribution in [1.29, 1.82) is 0 Å². The molecule has 0 bridgehead atoms. The van der Waals surface area contributed by atoms with Crippen LogP contribution in [-0.4, -0.2) is 43.7 Å². The van der Waals surface area contributed by atoms with Crippen LogP contribution < -0.4 is 0 Å². The second-order valence-electron chi connectivity index (χ2n) is 7.37. The van der Waals surface area contributed by atoms with Gasteiger partial charge in [0.1, 0.15) is 16.5 Å². The molecule has 8 heteroatoms. The molecule has 0 aliphatic carbocycles. The Morgan fingerprint density at radius 3 is 2.45 bits per heavy atom. The fraction of sp³-hybridized carbons (Fsp3) is 0.381. The molecule has 1 fully saturated rings. The highest BCUT2D eigenvalue weighted by atomic mass is 32.2. The number of amides is 1. The molecule has 5 nitrogen and oxygen atoms in total. The lowest BCUT2D eigenvalue weighted by Gasteiger charge is -2.32. The van der Waals surface area contributed by atoms with Crippen LogP contribution in [0, 0.1) is 24.5 Å². The molecule has 0 atom stereocenters. The summed E-state index contributed by atoms with van der Waals surface area (Å²) in [7, 11) is -2.41. The maximum atomic E-state index is 13.9. The zero-order chi connectivity index (χ0) is 21.2. The van der Waals surface area contributed by atoms with E-state index in [2.05, 4.69) is 0 Å². The minimum Gasteiger partial charge on any atom is -0.341 e. The molecule has 156 valence electrons. The molecule has 1 heterocycles. The van der Waals surface area contributed by atoms with Crippen molar-refractivity contribution in [3.63, 3.8) is 0 Å². The lowest BCUT2D eigenvalue weighted by molar-refractivity contribution is -0.135. The number of halogens is 2. The van der Waals surface area contributed by atoms with Gasteiger partial charge in [-0.25, -0.2) is 17.2 Å². The number of aryl methyl sites for hydroxylation is 1. The molecular formula is C21H24F2N2O3S. The van der Waals surface area contributed by atoms with Gasteiger partial charge >= 0.3 is 0 Å². The van der Waals surface area contributed by atoms with Crippen LogP contribution in [0.4, 0.5) is 8.78 Å². The second-order valence-corrected chi connectivity index (χ2v) is 9.28. The van der Waals surface area contributed by atoms with Crippen molar-refractivity contribution in [2.45, 2.75) is 31.2 Å². The van der Waals surface area contributed by atoms with Crippen LogP contribution in [0.15, 0.2) is 47.4 Å². The molecule has 0 spiro atoms. The van der Waals surface area contributed by atoms with Gasteiger partial charge in [-0.15, -0.1) is 0 Å². The van der Waals surface area contributed by atoms with E-state index in [-0.39, 0.29) is 24.9 Å². The van der Waals surface area contributed by atoms with E-state index in [1.807, 2.05) is 31.2 Å². The quantitative estimate of drug-likeness (QED) is 0.743. The summed E-state index contributed by atoms with van der Waals surface area (Å²) in [6.45, 7) is 2.65. The molecule has 1 aliphatic heterocycles. The van der Waals surface area contributed by atoms with E-state index in [4.69, 9.17) is 0 Å². The van der Waals surface area contributed by atoms with E-state index < -0.39 is 26.6 Å². The Bertz CT molecular complexity index is 1000. The first-order chi connectivity index (χ1) is 13.7. The van der Waals surface area contributed by atoms with Gasteiger partial charge in [0.2, 0.25) is 15.9 Å². The Hall–Kier alpha value is -2.32. The van der Waals surface area contributed by atoms with Crippen LogP contribution in [0.5, 0.6) is 0 Å². The Balaban J connectivity index is 1.64. The van der Waals surface area contributed by atoms with E-state index in [9.17, 15) is 22.0 Å². The van der Waals surface area contributed by atoms with Gasteiger partial charge in [0.05, 0.1) is 0 Å². The number of rotatable bonds is 5. The highest BCUT2D eigenvalue weighted by molar-refractivity contribution is 7.89. The third-order valence-electron chi connectivity index (χ3n) is 5.36. The van der Waals surface area contributed by atoms with Crippen LogP contribution in [0.3, 0.4) is 0 Å². The van der Waals surface area contributed by atoms with Crippen molar-refractivity contribution in [3.05, 3.63) is 65.2 Å². The maximum Gasteiger partial charge on any atom is 0.246 e. The van der Waals surface area contributed by atoms with Crippen LogP contribution in [-0.2, 0) is 21.4 Å². The number of hydrogen-bond acceptors (Lipinski definition) is 3. The molecule has 2 aromatic carbocycles. The number of nitrogens with zero attached hydrogens (tertiary/aromatic N) is 2. The van der Waals surface area contributed by atoms with E-state index in [0.29, 0.717) is 25.5 Å². The molecule has 1 saturated heterocycles. The first-order valence-corrected chi connectivity index (χ1v) is 10.9. The third kappa shape index (κ3) is 4.64. The van der Waals surface area contributed by atoms with Crippen LogP contribution in [0.25, 0.3) is 0 Å². The molecule has 0 saturated carbocycles. The van der Waals surface area contributed by atoms with Crippen molar-refractivity contribution in [2.24, 2.45) is 5.92 Å². The zero-order valence-corrected chi connectivity index (χ0v) is 17.3. The number of hydrogen-bond donors (Lipinski definition) is 0. The maximum absolute atomic E-state index is 13.9. The Labute approximate surface area is 170 Å². The number of carbonyl (C=O) groups excluding carboxylic acids is 1. The van der Waals surface area contributed by atoms with Crippen molar-refractivity contribution < 1.29 is 22.0 Å². The van der Waals surface area contributed by atoms with Crippen LogP contribution in [0.2, 0.25) is 0 Å². The topological polar surface area (TPSA) is 57.7 Å². The van der Waals surface area contributed by atoms with Crippen molar-refractivity contribution in [1.82, 2.24) is 9.21 Å². The van der Waals surface area contributed by atoms with Crippen molar-refractivity contribution in [2.75, 3.05) is 20.1 Å². The fourth-order valence-corrected chi connectivity index (χ4v) is 5.14. The van der Waals surface area contributed by atoms with Gasteiger partial charge in [0, 0.05) is 32.6 Å². The summed E-state index contributed by atoms with van der Waals surface area (Å²) in [4.78, 5) is 13.8. The molecule has 0 unspecified atom stereocenters. The molecule has 2 aromatic rings. The molecule has 1 amide bonds. The predicted octanol–water partition coefficient (Wildman–Crippen LogP) is 3.33. The monoisotopic (exact) mass is 422 g/mol. The summed E-state index contributed by atoms with van der Waals surface area (Å²) in [5.41, 5.74) is 2.16. The summed E-state index contributed by atoms with van der Waals surface area (Å²) in [5, 5.41) is 0. The van der Waals surface area contributed by atoms with Crippen LogP contribution >= 0.6 is 0 Å². The fourth-order valence-electron chi connectivity index (χ4n) is 3.59. The largest absolute Gasteiger partial charge is 0.341 e. The first kappa shape index (κ1) is 21.4. The zero-order valence-electron chi connectivity index (χ0n) is 16.4. The SMILES string of the molecule is Cc1ccccc1CN(C)C(=O)C1CCN(S(=O)(=O)c2cc(F)ccc2F)CC1. The Kier molecular flexibility index (Phi) is 6.33. The van der Waals surface area contributed by atoms with E-state index in [1.54, 1.807) is 11.9 Å². The van der Waals surface area contributed by atoms with Gasteiger partial charge in [-0.1, -0.05) is 24.3 Å². The van der Waals surface area contributed by atoms with Gasteiger partial charge in [-0.3, -0.25) is 4.79 Å². The number of sulfonamides is 1. The second kappa shape index (κ2) is 8.59. The van der Waals surface area contributed by atoms with E-state index in [1.165, 1.54) is 0 Å². The minimum absolute atomic E-state index is 0.0396. The van der Waals surface area contributed by atoms with E-state index in [0.717, 1.165) is 27.6 Å². The standard InChI is InChI=1S/C21H24F2N2O3S/c1-15-5-3-4-6-17(15)14-24(2)21(26)16-9-11-25(12-10-16)29(27,28)20-13-18(22)7-8-19(20)23/h3-8,13,16H,9-12,14H2,1-2H3. The van der Waals surface area contributed by atoms with Crippen molar-refractivity contribution in [3.8, 4) is 0 Å². The summed E-state index contributed by atoms with van der Waals surface area (Å²) < 4.78 is 53.8. The lowest BCUT2D eigenvalue weighted by Crippen LogP contribution is -2.43. The molecule has 0 aromatic heterocycles. The first-order valence-electron chi connectivity index (χ1n) is 9.45. The number of piperidine rings is 1. The van der Waals surface area contributed by atoms with E-state index >= 15 is 0 Å². The Morgan fingerprint density at radius 2 is 1.79 bits per heavy atom. The average Bonchev–Trinajstić information content (AvgIpc) is 2.71. The summed E-state index contributed by atoms with van der Waals surface area (Å²) >= 11 is 0.